The number of nitrogens with zero attached hydrogens (tertiary/aromatic N) is 5. The predicted molar refractivity (Wildman–Crippen MR) is 147 cm³/mol. The van der Waals surface area contributed by atoms with Crippen molar-refractivity contribution in [2.75, 3.05) is 27.4 Å². The Morgan fingerprint density at radius 2 is 1.80 bits per heavy atom. The maximum Gasteiger partial charge on any atom is 0.250 e. The molecule has 0 aliphatic carbocycles. The van der Waals surface area contributed by atoms with Crippen LogP contribution >= 0.6 is 0 Å². The lowest BCUT2D eigenvalue weighted by Gasteiger charge is -2.30. The Morgan fingerprint density at radius 3 is 2.44 bits per heavy atom. The molecule has 0 spiro atoms. The lowest BCUT2D eigenvalue weighted by Crippen LogP contribution is -2.46. The third-order valence-electron chi connectivity index (χ3n) is 6.81. The molecule has 0 saturated carbocycles. The summed E-state index contributed by atoms with van der Waals surface area (Å²) in [4.78, 5) is 30.2. The Morgan fingerprint density at radius 1 is 1.07 bits per heavy atom. The molecule has 5 rings (SSSR count). The minimum Gasteiger partial charge on any atom is -0.497 e. The Kier molecular flexibility index (Phi) is 8.89. The van der Waals surface area contributed by atoms with Crippen LogP contribution in [0, 0.1) is 0 Å². The summed E-state index contributed by atoms with van der Waals surface area (Å²) in [5.74, 6) is 1.31. The van der Waals surface area contributed by atoms with Gasteiger partial charge in [-0.1, -0.05) is 12.1 Å². The molecule has 214 valence electrons. The number of nitrogens with one attached hydrogen (secondary N) is 1. The van der Waals surface area contributed by atoms with Crippen molar-refractivity contribution in [3.8, 4) is 22.9 Å². The van der Waals surface area contributed by atoms with Crippen molar-refractivity contribution in [1.29, 1.82) is 0 Å². The molecular weight excluding hydrogens is 528 g/mol. The average Bonchev–Trinajstić information content (AvgIpc) is 3.80. The second-order valence-electron chi connectivity index (χ2n) is 9.54. The molecule has 12 heteroatoms. The summed E-state index contributed by atoms with van der Waals surface area (Å²) in [5.41, 5.74) is 1.52. The molecule has 1 aliphatic heterocycles. The zero-order valence-electron chi connectivity index (χ0n) is 22.9. The molecular formula is C29H32N6O6. The molecule has 1 aliphatic rings. The van der Waals surface area contributed by atoms with Crippen LogP contribution in [-0.4, -0.2) is 70.4 Å². The maximum absolute atomic E-state index is 13.9. The van der Waals surface area contributed by atoms with Gasteiger partial charge in [-0.15, -0.1) is 10.2 Å². The fourth-order valence-corrected chi connectivity index (χ4v) is 4.62. The van der Waals surface area contributed by atoms with E-state index in [9.17, 15) is 9.59 Å². The zero-order valence-corrected chi connectivity index (χ0v) is 22.9. The van der Waals surface area contributed by atoms with Gasteiger partial charge in [-0.25, -0.2) is 0 Å². The van der Waals surface area contributed by atoms with E-state index in [-0.39, 0.29) is 25.1 Å². The van der Waals surface area contributed by atoms with Gasteiger partial charge in [0.1, 0.15) is 23.8 Å². The van der Waals surface area contributed by atoms with Crippen LogP contribution in [-0.2, 0) is 27.4 Å². The summed E-state index contributed by atoms with van der Waals surface area (Å²) in [6.45, 7) is 0.904. The van der Waals surface area contributed by atoms with Crippen molar-refractivity contribution in [3.05, 3.63) is 78.3 Å². The van der Waals surface area contributed by atoms with Gasteiger partial charge in [-0.05, 0) is 72.1 Å². The van der Waals surface area contributed by atoms with E-state index in [2.05, 4.69) is 20.7 Å². The van der Waals surface area contributed by atoms with Crippen molar-refractivity contribution < 1.29 is 28.2 Å². The lowest BCUT2D eigenvalue weighted by atomic mass is 10.1. The largest absolute Gasteiger partial charge is 0.497 e. The molecule has 0 bridgehead atoms. The summed E-state index contributed by atoms with van der Waals surface area (Å²) in [6, 6.07) is 16.8. The smallest absolute Gasteiger partial charge is 0.250 e. The van der Waals surface area contributed by atoms with Gasteiger partial charge in [0.05, 0.1) is 26.6 Å². The number of aromatic nitrogens is 4. The first-order valence-corrected chi connectivity index (χ1v) is 13.3. The van der Waals surface area contributed by atoms with E-state index in [0.717, 1.165) is 24.0 Å². The SMILES string of the molecule is COc1ccc(CN(C(=O)Cn2nnc(-c3ccc(OC)cc3)n2)[C@@H](C(=O)NC[C@@H]2CCCO2)c2ccco2)cc1. The van der Waals surface area contributed by atoms with Gasteiger partial charge in [0, 0.05) is 25.3 Å². The molecule has 0 radical (unpaired) electrons. The standard InChI is InChI=1S/C29H32N6O6/c1-38-22-11-7-20(8-12-22)18-34(27(25-6-4-16-41-25)29(37)30-17-24-5-3-15-40-24)26(36)19-35-32-28(31-33-35)21-9-13-23(39-2)14-10-21/h4,6-14,16,24,27H,3,5,15,17-19H2,1-2H3,(H,30,37)/t24-,27+/m0/s1. The first-order valence-electron chi connectivity index (χ1n) is 13.3. The van der Waals surface area contributed by atoms with Crippen LogP contribution in [0.4, 0.5) is 0 Å². The summed E-state index contributed by atoms with van der Waals surface area (Å²) < 4.78 is 21.8. The summed E-state index contributed by atoms with van der Waals surface area (Å²) >= 11 is 0. The lowest BCUT2D eigenvalue weighted by molar-refractivity contribution is -0.143. The van der Waals surface area contributed by atoms with Crippen LogP contribution < -0.4 is 14.8 Å². The number of hydrogen-bond acceptors (Lipinski definition) is 9. The second-order valence-corrected chi connectivity index (χ2v) is 9.54. The van der Waals surface area contributed by atoms with E-state index in [0.29, 0.717) is 36.2 Å². The quantitative estimate of drug-likeness (QED) is 0.277. The van der Waals surface area contributed by atoms with Gasteiger partial charge in [0.15, 0.2) is 6.04 Å². The molecule has 1 N–H and O–H groups in total. The van der Waals surface area contributed by atoms with E-state index in [1.165, 1.54) is 16.0 Å². The van der Waals surface area contributed by atoms with Crippen LogP contribution in [0.3, 0.4) is 0 Å². The predicted octanol–water partition coefficient (Wildman–Crippen LogP) is 3.02. The zero-order chi connectivity index (χ0) is 28.6. The molecule has 3 heterocycles. The molecule has 2 aromatic heterocycles. The number of carbonyl (C=O) groups excluding carboxylic acids is 2. The van der Waals surface area contributed by atoms with Crippen molar-refractivity contribution in [2.24, 2.45) is 0 Å². The van der Waals surface area contributed by atoms with E-state index in [4.69, 9.17) is 18.6 Å². The van der Waals surface area contributed by atoms with E-state index >= 15 is 0 Å². The van der Waals surface area contributed by atoms with Crippen LogP contribution in [0.2, 0.25) is 0 Å². The highest BCUT2D eigenvalue weighted by Crippen LogP contribution is 2.26. The Balaban J connectivity index is 1.40. The van der Waals surface area contributed by atoms with Gasteiger partial charge < -0.3 is 28.8 Å². The summed E-state index contributed by atoms with van der Waals surface area (Å²) in [5, 5.41) is 15.5. The number of amides is 2. The fourth-order valence-electron chi connectivity index (χ4n) is 4.62. The molecule has 41 heavy (non-hydrogen) atoms. The molecule has 12 nitrogen and oxygen atoms in total. The van der Waals surface area contributed by atoms with Gasteiger partial charge in [-0.3, -0.25) is 9.59 Å². The maximum atomic E-state index is 13.9. The number of hydrogen-bond donors (Lipinski definition) is 1. The first-order chi connectivity index (χ1) is 20.0. The normalized spacial score (nSPS) is 15.3. The topological polar surface area (TPSA) is 134 Å². The fraction of sp³-hybridized carbons (Fsp3) is 0.345. The number of methoxy groups -OCH3 is 2. The number of ether oxygens (including phenoxy) is 3. The second kappa shape index (κ2) is 13.1. The van der Waals surface area contributed by atoms with Crippen molar-refractivity contribution >= 4 is 11.8 Å². The van der Waals surface area contributed by atoms with Crippen LogP contribution in [0.25, 0.3) is 11.4 Å². The summed E-state index contributed by atoms with van der Waals surface area (Å²) in [6.07, 6.45) is 3.24. The third kappa shape index (κ3) is 6.90. The highest BCUT2D eigenvalue weighted by molar-refractivity contribution is 5.88. The number of furan rings is 1. The molecule has 2 amide bonds. The Bertz CT molecular complexity index is 1420. The van der Waals surface area contributed by atoms with E-state index in [1.54, 1.807) is 50.6 Å². The highest BCUT2D eigenvalue weighted by Gasteiger charge is 2.34. The van der Waals surface area contributed by atoms with Crippen molar-refractivity contribution in [3.63, 3.8) is 0 Å². The summed E-state index contributed by atoms with van der Waals surface area (Å²) in [7, 11) is 3.17. The molecule has 2 aromatic carbocycles. The average molecular weight is 561 g/mol. The molecule has 1 saturated heterocycles. The Labute approximate surface area is 237 Å². The monoisotopic (exact) mass is 560 g/mol. The molecule has 1 fully saturated rings. The van der Waals surface area contributed by atoms with E-state index in [1.807, 2.05) is 24.3 Å². The number of carbonyl (C=O) groups is 2. The van der Waals surface area contributed by atoms with Gasteiger partial charge in [-0.2, -0.15) is 4.80 Å². The van der Waals surface area contributed by atoms with Crippen LogP contribution in [0.5, 0.6) is 11.5 Å². The molecule has 0 unspecified atom stereocenters. The highest BCUT2D eigenvalue weighted by atomic mass is 16.5. The number of rotatable bonds is 12. The minimum atomic E-state index is -1.04. The number of benzene rings is 2. The van der Waals surface area contributed by atoms with E-state index < -0.39 is 11.9 Å². The minimum absolute atomic E-state index is 0.0577. The van der Waals surface area contributed by atoms with Gasteiger partial charge in [0.2, 0.25) is 11.7 Å². The van der Waals surface area contributed by atoms with Crippen molar-refractivity contribution in [2.45, 2.75) is 38.1 Å². The number of tetrazole rings is 1. The van der Waals surface area contributed by atoms with Crippen molar-refractivity contribution in [1.82, 2.24) is 30.4 Å². The third-order valence-corrected chi connectivity index (χ3v) is 6.81. The Hall–Kier alpha value is -4.71. The molecule has 4 aromatic rings. The van der Waals surface area contributed by atoms with Crippen LogP contribution in [0.1, 0.15) is 30.2 Å². The van der Waals surface area contributed by atoms with Crippen LogP contribution in [0.15, 0.2) is 71.3 Å². The first kappa shape index (κ1) is 27.8. The van der Waals surface area contributed by atoms with Gasteiger partial charge in [0.25, 0.3) is 5.91 Å². The molecule has 2 atom stereocenters. The van der Waals surface area contributed by atoms with Gasteiger partial charge >= 0.3 is 0 Å².